The number of halogens is 1. The molecule has 3 aromatic rings. The number of hydrogen-bond donors (Lipinski definition) is 1. The van der Waals surface area contributed by atoms with Crippen LogP contribution in [-0.4, -0.2) is 15.5 Å². The van der Waals surface area contributed by atoms with Crippen molar-refractivity contribution in [2.75, 3.05) is 5.32 Å². The van der Waals surface area contributed by atoms with Gasteiger partial charge in [-0.05, 0) is 48.5 Å². The summed E-state index contributed by atoms with van der Waals surface area (Å²) in [6, 6.07) is 14.8. The van der Waals surface area contributed by atoms with Gasteiger partial charge in [-0.3, -0.25) is 4.79 Å². The molecule has 1 N–H and O–H groups in total. The second-order valence-corrected chi connectivity index (χ2v) is 5.39. The first-order valence-electron chi connectivity index (χ1n) is 6.38. The van der Waals surface area contributed by atoms with Gasteiger partial charge in [-0.25, -0.2) is 4.98 Å². The Morgan fingerprint density at radius 1 is 1.05 bits per heavy atom. The van der Waals surface area contributed by atoms with Gasteiger partial charge in [0.1, 0.15) is 0 Å². The van der Waals surface area contributed by atoms with Crippen molar-refractivity contribution < 1.29 is 4.79 Å². The van der Waals surface area contributed by atoms with Gasteiger partial charge in [-0.1, -0.05) is 15.9 Å². The Morgan fingerprint density at radius 2 is 1.76 bits per heavy atom. The lowest BCUT2D eigenvalue weighted by Crippen LogP contribution is -2.11. The minimum atomic E-state index is -0.127. The van der Waals surface area contributed by atoms with E-state index in [4.69, 9.17) is 0 Å². The zero-order valence-corrected chi connectivity index (χ0v) is 12.6. The molecule has 0 saturated carbocycles. The molecule has 0 aliphatic heterocycles. The molecule has 1 amide bonds. The predicted octanol–water partition coefficient (Wildman–Crippen LogP) is 3.89. The van der Waals surface area contributed by atoms with E-state index < -0.39 is 0 Å². The molecule has 5 heteroatoms. The number of hydrogen-bond acceptors (Lipinski definition) is 2. The molecule has 0 aliphatic carbocycles. The van der Waals surface area contributed by atoms with E-state index in [0.717, 1.165) is 15.8 Å². The largest absolute Gasteiger partial charge is 0.322 e. The van der Waals surface area contributed by atoms with E-state index in [-0.39, 0.29) is 5.91 Å². The summed E-state index contributed by atoms with van der Waals surface area (Å²) in [5.74, 6) is -0.127. The molecule has 0 atom stereocenters. The quantitative estimate of drug-likeness (QED) is 0.785. The summed E-state index contributed by atoms with van der Waals surface area (Å²) in [6.45, 7) is 0. The van der Waals surface area contributed by atoms with Crippen molar-refractivity contribution in [1.29, 1.82) is 0 Å². The summed E-state index contributed by atoms with van der Waals surface area (Å²) in [5.41, 5.74) is 2.37. The molecule has 1 heterocycles. The van der Waals surface area contributed by atoms with Crippen LogP contribution >= 0.6 is 15.9 Å². The van der Waals surface area contributed by atoms with Crippen LogP contribution < -0.4 is 5.32 Å². The maximum Gasteiger partial charge on any atom is 0.255 e. The Labute approximate surface area is 130 Å². The third-order valence-corrected chi connectivity index (χ3v) is 3.56. The van der Waals surface area contributed by atoms with E-state index >= 15 is 0 Å². The van der Waals surface area contributed by atoms with E-state index in [1.165, 1.54) is 0 Å². The summed E-state index contributed by atoms with van der Waals surface area (Å²) < 4.78 is 2.85. The van der Waals surface area contributed by atoms with E-state index in [2.05, 4.69) is 26.2 Å². The Hall–Kier alpha value is -2.40. The fraction of sp³-hybridized carbons (Fsp3) is 0. The highest BCUT2D eigenvalue weighted by atomic mass is 79.9. The average molecular weight is 342 g/mol. The number of rotatable bonds is 3. The van der Waals surface area contributed by atoms with E-state index in [9.17, 15) is 4.79 Å². The Morgan fingerprint density at radius 3 is 2.38 bits per heavy atom. The monoisotopic (exact) mass is 341 g/mol. The normalized spacial score (nSPS) is 10.3. The van der Waals surface area contributed by atoms with Gasteiger partial charge >= 0.3 is 0 Å². The first-order valence-corrected chi connectivity index (χ1v) is 7.17. The van der Waals surface area contributed by atoms with Crippen LogP contribution in [0.3, 0.4) is 0 Å². The van der Waals surface area contributed by atoms with Crippen molar-refractivity contribution >= 4 is 27.5 Å². The summed E-state index contributed by atoms with van der Waals surface area (Å²) in [5, 5.41) is 2.87. The van der Waals surface area contributed by atoms with Gasteiger partial charge in [-0.15, -0.1) is 0 Å². The highest BCUT2D eigenvalue weighted by Crippen LogP contribution is 2.15. The minimum Gasteiger partial charge on any atom is -0.322 e. The smallest absolute Gasteiger partial charge is 0.255 e. The molecule has 104 valence electrons. The zero-order chi connectivity index (χ0) is 14.7. The van der Waals surface area contributed by atoms with Crippen molar-refractivity contribution in [3.63, 3.8) is 0 Å². The molecule has 4 nitrogen and oxygen atoms in total. The third-order valence-electron chi connectivity index (χ3n) is 3.03. The summed E-state index contributed by atoms with van der Waals surface area (Å²) in [7, 11) is 0. The molecule has 0 saturated heterocycles. The highest BCUT2D eigenvalue weighted by molar-refractivity contribution is 9.10. The van der Waals surface area contributed by atoms with Crippen LogP contribution in [0.2, 0.25) is 0 Å². The standard InChI is InChI=1S/C16H12BrN3O/c17-13-3-1-12(2-4-13)16(21)19-14-5-7-15(8-6-14)20-10-9-18-11-20/h1-11H,(H,19,21). The van der Waals surface area contributed by atoms with E-state index in [0.29, 0.717) is 5.56 Å². The zero-order valence-electron chi connectivity index (χ0n) is 11.0. The second-order valence-electron chi connectivity index (χ2n) is 4.48. The molecule has 21 heavy (non-hydrogen) atoms. The van der Waals surface area contributed by atoms with Gasteiger partial charge in [0.05, 0.1) is 6.33 Å². The van der Waals surface area contributed by atoms with Crippen LogP contribution in [0.15, 0.2) is 71.7 Å². The third kappa shape index (κ3) is 3.20. The topological polar surface area (TPSA) is 46.9 Å². The van der Waals surface area contributed by atoms with Crippen molar-refractivity contribution in [2.45, 2.75) is 0 Å². The Balaban J connectivity index is 1.73. The lowest BCUT2D eigenvalue weighted by atomic mass is 10.2. The van der Waals surface area contributed by atoms with Crippen molar-refractivity contribution in [1.82, 2.24) is 9.55 Å². The molecule has 2 aromatic carbocycles. The van der Waals surface area contributed by atoms with Gasteiger partial charge in [-0.2, -0.15) is 0 Å². The number of imidazole rings is 1. The Kier molecular flexibility index (Phi) is 3.83. The number of carbonyl (C=O) groups is 1. The number of carbonyl (C=O) groups excluding carboxylic acids is 1. The van der Waals surface area contributed by atoms with Gasteiger partial charge in [0.25, 0.3) is 5.91 Å². The van der Waals surface area contributed by atoms with Crippen LogP contribution in [0.25, 0.3) is 5.69 Å². The maximum atomic E-state index is 12.1. The first kappa shape index (κ1) is 13.6. The fourth-order valence-electron chi connectivity index (χ4n) is 1.93. The minimum absolute atomic E-state index is 0.127. The molecule has 0 bridgehead atoms. The molecule has 0 fully saturated rings. The lowest BCUT2D eigenvalue weighted by molar-refractivity contribution is 0.102. The van der Waals surface area contributed by atoms with Gasteiger partial charge in [0.2, 0.25) is 0 Å². The SMILES string of the molecule is O=C(Nc1ccc(-n2ccnc2)cc1)c1ccc(Br)cc1. The molecule has 3 rings (SSSR count). The van der Waals surface area contributed by atoms with Crippen LogP contribution in [0.4, 0.5) is 5.69 Å². The first-order chi connectivity index (χ1) is 10.2. The van der Waals surface area contributed by atoms with Crippen LogP contribution in [0.1, 0.15) is 10.4 Å². The lowest BCUT2D eigenvalue weighted by Gasteiger charge is -2.07. The number of benzene rings is 2. The number of nitrogens with one attached hydrogen (secondary N) is 1. The summed E-state index contributed by atoms with van der Waals surface area (Å²) >= 11 is 3.35. The maximum absolute atomic E-state index is 12.1. The van der Waals surface area contributed by atoms with Crippen LogP contribution in [0.5, 0.6) is 0 Å². The molecular weight excluding hydrogens is 330 g/mol. The summed E-state index contributed by atoms with van der Waals surface area (Å²) in [6.07, 6.45) is 5.33. The van der Waals surface area contributed by atoms with Crippen molar-refractivity contribution in [3.8, 4) is 5.69 Å². The molecule has 0 radical (unpaired) electrons. The number of anilines is 1. The van der Waals surface area contributed by atoms with E-state index in [1.54, 1.807) is 24.7 Å². The van der Waals surface area contributed by atoms with E-state index in [1.807, 2.05) is 47.2 Å². The van der Waals surface area contributed by atoms with Gasteiger partial charge in [0.15, 0.2) is 0 Å². The van der Waals surface area contributed by atoms with Crippen molar-refractivity contribution in [3.05, 3.63) is 77.3 Å². The Bertz CT molecular complexity index is 734. The fourth-order valence-corrected chi connectivity index (χ4v) is 2.20. The number of amides is 1. The van der Waals surface area contributed by atoms with Gasteiger partial charge < -0.3 is 9.88 Å². The second kappa shape index (κ2) is 5.93. The molecule has 0 aliphatic rings. The predicted molar refractivity (Wildman–Crippen MR) is 85.7 cm³/mol. The molecular formula is C16H12BrN3O. The van der Waals surface area contributed by atoms with Crippen LogP contribution in [0, 0.1) is 0 Å². The molecule has 1 aromatic heterocycles. The summed E-state index contributed by atoms with van der Waals surface area (Å²) in [4.78, 5) is 16.1. The van der Waals surface area contributed by atoms with Crippen molar-refractivity contribution in [2.24, 2.45) is 0 Å². The van der Waals surface area contributed by atoms with Crippen LogP contribution in [-0.2, 0) is 0 Å². The molecule has 0 spiro atoms. The van der Waals surface area contributed by atoms with Gasteiger partial charge in [0, 0.05) is 33.8 Å². The molecule has 0 unspecified atom stereocenters. The average Bonchev–Trinajstić information content (AvgIpc) is 3.03. The highest BCUT2D eigenvalue weighted by Gasteiger charge is 2.05. The number of nitrogens with zero attached hydrogens (tertiary/aromatic N) is 2. The number of aromatic nitrogens is 2.